The van der Waals surface area contributed by atoms with Crippen LogP contribution in [0.1, 0.15) is 22.5 Å². The summed E-state index contributed by atoms with van der Waals surface area (Å²) in [6, 6.07) is 18.0. The van der Waals surface area contributed by atoms with Gasteiger partial charge in [0.05, 0.1) is 0 Å². The van der Waals surface area contributed by atoms with Crippen molar-refractivity contribution in [3.63, 3.8) is 0 Å². The molecule has 0 amide bonds. The smallest absolute Gasteiger partial charge is 0.253 e. The maximum Gasteiger partial charge on any atom is 0.253 e. The van der Waals surface area contributed by atoms with Gasteiger partial charge in [-0.3, -0.25) is 0 Å². The van der Waals surface area contributed by atoms with Gasteiger partial charge in [-0.15, -0.1) is 0 Å². The minimum Gasteiger partial charge on any atom is -0.550 e. The quantitative estimate of drug-likeness (QED) is 0.646. The molecule has 0 unspecified atom stereocenters. The molecule has 0 fully saturated rings. The number of rotatable bonds is 6. The summed E-state index contributed by atoms with van der Waals surface area (Å²) in [6.45, 7) is 3.72. The summed E-state index contributed by atoms with van der Waals surface area (Å²) in [7, 11) is 0. The Kier molecular flexibility index (Phi) is 4.75. The van der Waals surface area contributed by atoms with Crippen molar-refractivity contribution in [3.8, 4) is 0 Å². The van der Waals surface area contributed by atoms with Crippen molar-refractivity contribution in [2.75, 3.05) is 0 Å². The molecule has 122 valence electrons. The third-order valence-corrected chi connectivity index (χ3v) is 4.18. The lowest BCUT2D eigenvalue weighted by Crippen LogP contribution is -2.36. The Morgan fingerprint density at radius 1 is 1.00 bits per heavy atom. The monoisotopic (exact) mass is 320 g/mol. The number of nitrogens with zero attached hydrogens (tertiary/aromatic N) is 2. The van der Waals surface area contributed by atoms with Crippen molar-refractivity contribution in [3.05, 3.63) is 89.5 Å². The SMILES string of the molecule is Cc1n(Cc2ccc(CC(=O)[O-])cc2)cc[n+]1Cc1ccccc1. The van der Waals surface area contributed by atoms with Crippen LogP contribution >= 0.6 is 0 Å². The largest absolute Gasteiger partial charge is 0.550 e. The minimum absolute atomic E-state index is 0.0418. The highest BCUT2D eigenvalue weighted by molar-refractivity contribution is 5.67. The van der Waals surface area contributed by atoms with Crippen molar-refractivity contribution in [2.24, 2.45) is 0 Å². The lowest BCUT2D eigenvalue weighted by atomic mass is 10.1. The predicted octanol–water partition coefficient (Wildman–Crippen LogP) is 1.47. The Balaban J connectivity index is 1.71. The number of benzene rings is 2. The fraction of sp³-hybridized carbons (Fsp3) is 0.200. The van der Waals surface area contributed by atoms with E-state index in [1.54, 1.807) is 0 Å². The highest BCUT2D eigenvalue weighted by atomic mass is 16.4. The average Bonchev–Trinajstić information content (AvgIpc) is 2.90. The molecule has 3 rings (SSSR count). The molecule has 0 saturated carbocycles. The number of aromatic nitrogens is 2. The van der Waals surface area contributed by atoms with E-state index < -0.39 is 5.97 Å². The summed E-state index contributed by atoms with van der Waals surface area (Å²) in [5.74, 6) is 0.128. The molecule has 0 bridgehead atoms. The molecule has 3 aromatic rings. The van der Waals surface area contributed by atoms with Gasteiger partial charge in [0.2, 0.25) is 0 Å². The molecule has 1 heterocycles. The third-order valence-electron chi connectivity index (χ3n) is 4.18. The van der Waals surface area contributed by atoms with Gasteiger partial charge in [0.1, 0.15) is 25.5 Å². The second-order valence-electron chi connectivity index (χ2n) is 5.95. The van der Waals surface area contributed by atoms with Crippen molar-refractivity contribution < 1.29 is 14.5 Å². The number of carboxylic acid groups (broad SMARTS) is 1. The molecular formula is C20H20N2O2. The number of hydrogen-bond donors (Lipinski definition) is 0. The normalized spacial score (nSPS) is 10.7. The van der Waals surface area contributed by atoms with Gasteiger partial charge < -0.3 is 9.90 Å². The number of hydrogen-bond acceptors (Lipinski definition) is 2. The van der Waals surface area contributed by atoms with Gasteiger partial charge in [0, 0.05) is 19.3 Å². The number of carbonyl (C=O) groups is 1. The fourth-order valence-electron chi connectivity index (χ4n) is 2.78. The summed E-state index contributed by atoms with van der Waals surface area (Å²) in [5.41, 5.74) is 3.18. The van der Waals surface area contributed by atoms with Gasteiger partial charge in [-0.2, -0.15) is 0 Å². The predicted molar refractivity (Wildman–Crippen MR) is 89.2 cm³/mol. The molecule has 0 radical (unpaired) electrons. The van der Waals surface area contributed by atoms with Crippen LogP contribution in [0.5, 0.6) is 0 Å². The van der Waals surface area contributed by atoms with Crippen LogP contribution in [0.3, 0.4) is 0 Å². The Bertz CT molecular complexity index is 821. The summed E-state index contributed by atoms with van der Waals surface area (Å²) >= 11 is 0. The van der Waals surface area contributed by atoms with Gasteiger partial charge in [-0.1, -0.05) is 54.6 Å². The zero-order chi connectivity index (χ0) is 16.9. The van der Waals surface area contributed by atoms with E-state index >= 15 is 0 Å². The molecule has 24 heavy (non-hydrogen) atoms. The Hall–Kier alpha value is -2.88. The number of aliphatic carboxylic acids is 1. The van der Waals surface area contributed by atoms with Crippen molar-refractivity contribution >= 4 is 5.97 Å². The van der Waals surface area contributed by atoms with E-state index in [2.05, 4.69) is 52.7 Å². The average molecular weight is 320 g/mol. The number of carbonyl (C=O) groups excluding carboxylic acids is 1. The van der Waals surface area contributed by atoms with Crippen LogP contribution in [-0.4, -0.2) is 10.5 Å². The molecule has 0 aliphatic carbocycles. The third kappa shape index (κ3) is 3.90. The number of carboxylic acids is 1. The molecular weight excluding hydrogens is 300 g/mol. The van der Waals surface area contributed by atoms with Gasteiger partial charge in [0.15, 0.2) is 0 Å². The second kappa shape index (κ2) is 7.13. The highest BCUT2D eigenvalue weighted by Gasteiger charge is 2.12. The van der Waals surface area contributed by atoms with E-state index in [9.17, 15) is 9.90 Å². The lowest BCUT2D eigenvalue weighted by Gasteiger charge is -2.05. The zero-order valence-electron chi connectivity index (χ0n) is 13.7. The van der Waals surface area contributed by atoms with E-state index in [4.69, 9.17) is 0 Å². The first-order valence-corrected chi connectivity index (χ1v) is 7.98. The van der Waals surface area contributed by atoms with Crippen LogP contribution < -0.4 is 9.67 Å². The summed E-state index contributed by atoms with van der Waals surface area (Å²) in [5, 5.41) is 10.6. The Morgan fingerprint density at radius 3 is 2.33 bits per heavy atom. The fourth-order valence-corrected chi connectivity index (χ4v) is 2.78. The molecule has 0 saturated heterocycles. The molecule has 0 atom stereocenters. The van der Waals surface area contributed by atoms with Gasteiger partial charge >= 0.3 is 0 Å². The Labute approximate surface area is 141 Å². The van der Waals surface area contributed by atoms with E-state index in [0.29, 0.717) is 0 Å². The Morgan fingerprint density at radius 2 is 1.67 bits per heavy atom. The van der Waals surface area contributed by atoms with Gasteiger partial charge in [-0.25, -0.2) is 9.13 Å². The van der Waals surface area contributed by atoms with Crippen LogP contribution in [0.15, 0.2) is 67.0 Å². The molecule has 1 aromatic heterocycles. The van der Waals surface area contributed by atoms with Crippen LogP contribution in [0.4, 0.5) is 0 Å². The van der Waals surface area contributed by atoms with Gasteiger partial charge in [0.25, 0.3) is 5.82 Å². The van der Waals surface area contributed by atoms with E-state index in [0.717, 1.165) is 24.2 Å². The van der Waals surface area contributed by atoms with Crippen molar-refractivity contribution in [2.45, 2.75) is 26.4 Å². The van der Waals surface area contributed by atoms with Crippen molar-refractivity contribution in [1.82, 2.24) is 4.57 Å². The maximum atomic E-state index is 10.6. The minimum atomic E-state index is -1.05. The number of imidazole rings is 1. The molecule has 0 N–H and O–H groups in total. The van der Waals surface area contributed by atoms with E-state index in [-0.39, 0.29) is 6.42 Å². The van der Waals surface area contributed by atoms with E-state index in [1.807, 2.05) is 30.3 Å². The molecule has 0 aliphatic heterocycles. The zero-order valence-corrected chi connectivity index (χ0v) is 13.7. The summed E-state index contributed by atoms with van der Waals surface area (Å²) in [6.07, 6.45) is 4.13. The molecule has 4 nitrogen and oxygen atoms in total. The summed E-state index contributed by atoms with van der Waals surface area (Å²) < 4.78 is 4.41. The first-order chi connectivity index (χ1) is 11.6. The first kappa shape index (κ1) is 16.0. The summed E-state index contributed by atoms with van der Waals surface area (Å²) in [4.78, 5) is 10.6. The highest BCUT2D eigenvalue weighted by Crippen LogP contribution is 2.08. The maximum absolute atomic E-state index is 10.6. The lowest BCUT2D eigenvalue weighted by molar-refractivity contribution is -0.693. The first-order valence-electron chi connectivity index (χ1n) is 7.98. The standard InChI is InChI=1S/C20H20N2O2/c1-16-21(14-18-5-3-2-4-6-18)11-12-22(16)15-19-9-7-17(8-10-19)13-20(23)24/h2-12H,13-15H2,1H3. The second-order valence-corrected chi connectivity index (χ2v) is 5.95. The van der Waals surface area contributed by atoms with Crippen LogP contribution in [0, 0.1) is 6.92 Å². The van der Waals surface area contributed by atoms with Crippen LogP contribution in [-0.2, 0) is 24.3 Å². The molecule has 4 heteroatoms. The topological polar surface area (TPSA) is 48.9 Å². The molecule has 0 aliphatic rings. The molecule has 0 spiro atoms. The van der Waals surface area contributed by atoms with Crippen LogP contribution in [0.25, 0.3) is 0 Å². The van der Waals surface area contributed by atoms with E-state index in [1.165, 1.54) is 11.4 Å². The van der Waals surface area contributed by atoms with Crippen LogP contribution in [0.2, 0.25) is 0 Å². The van der Waals surface area contributed by atoms with Gasteiger partial charge in [-0.05, 0) is 16.7 Å². The van der Waals surface area contributed by atoms with Crippen molar-refractivity contribution in [1.29, 1.82) is 0 Å². The molecule has 2 aromatic carbocycles.